The third-order valence-electron chi connectivity index (χ3n) is 7.34. The minimum absolute atomic E-state index is 1.18. The maximum Gasteiger partial charge on any atom is 0.129 e. The summed E-state index contributed by atoms with van der Waals surface area (Å²) in [6.45, 7) is 18.6. The summed E-state index contributed by atoms with van der Waals surface area (Å²) in [7, 11) is 0. The predicted molar refractivity (Wildman–Crippen MR) is 120 cm³/mol. The van der Waals surface area contributed by atoms with E-state index in [1.807, 2.05) is 12.2 Å². The van der Waals surface area contributed by atoms with Crippen LogP contribution in [-0.2, 0) is 12.8 Å². The Morgan fingerprint density at radius 1 is 0.714 bits per heavy atom. The van der Waals surface area contributed by atoms with Crippen LogP contribution in [0.25, 0.3) is 12.2 Å². The number of piperazine rings is 3. The van der Waals surface area contributed by atoms with E-state index in [4.69, 9.17) is 0 Å². The van der Waals surface area contributed by atoms with Crippen LogP contribution in [-0.4, -0.2) is 61.3 Å². The van der Waals surface area contributed by atoms with Gasteiger partial charge in [-0.2, -0.15) is 0 Å². The molecule has 2 nitrogen and oxygen atoms in total. The van der Waals surface area contributed by atoms with Gasteiger partial charge in [-0.1, -0.05) is 73.8 Å². The zero-order valence-electron chi connectivity index (χ0n) is 17.2. The first-order valence-electron chi connectivity index (χ1n) is 10.8. The summed E-state index contributed by atoms with van der Waals surface area (Å²) in [5, 5.41) is 0. The first-order valence-corrected chi connectivity index (χ1v) is 10.8. The highest BCUT2D eigenvalue weighted by atomic mass is 15.5. The molecule has 3 saturated heterocycles. The number of fused-ring (bicyclic) bond motifs is 3. The largest absolute Gasteiger partial charge is 0.309 e. The topological polar surface area (TPSA) is 0 Å². The second-order valence-corrected chi connectivity index (χ2v) is 8.82. The SMILES string of the molecule is C=Cc1cccc(CC[N+]23CC[N+](CCc4ccccc4C=C)(CC2)CC3)c1. The number of hydrogen-bond donors (Lipinski definition) is 0. The van der Waals surface area contributed by atoms with Crippen molar-refractivity contribution in [3.8, 4) is 0 Å². The van der Waals surface area contributed by atoms with Crippen LogP contribution < -0.4 is 0 Å². The molecule has 2 aromatic carbocycles. The number of quaternary nitrogens is 2. The maximum absolute atomic E-state index is 3.98. The van der Waals surface area contributed by atoms with Crippen molar-refractivity contribution >= 4 is 12.2 Å². The zero-order chi connectivity index (χ0) is 19.5. The molecule has 2 bridgehead atoms. The maximum atomic E-state index is 3.98. The highest BCUT2D eigenvalue weighted by Crippen LogP contribution is 2.28. The molecular formula is C26H34N2+2. The number of hydrogen-bond acceptors (Lipinski definition) is 0. The van der Waals surface area contributed by atoms with Crippen molar-refractivity contribution in [2.24, 2.45) is 0 Å². The summed E-state index contributed by atoms with van der Waals surface area (Å²) in [6.07, 6.45) is 6.32. The van der Waals surface area contributed by atoms with Gasteiger partial charge in [0.05, 0.1) is 13.1 Å². The molecule has 5 rings (SSSR count). The van der Waals surface area contributed by atoms with Gasteiger partial charge in [-0.05, 0) is 22.3 Å². The van der Waals surface area contributed by atoms with Crippen molar-refractivity contribution in [2.75, 3.05) is 52.4 Å². The highest BCUT2D eigenvalue weighted by Gasteiger charge is 2.48. The number of rotatable bonds is 8. The molecule has 0 radical (unpaired) electrons. The third kappa shape index (κ3) is 3.99. The molecular weight excluding hydrogens is 340 g/mol. The lowest BCUT2D eigenvalue weighted by atomic mass is 10.00. The standard InChI is InChI=1S/C26H34N2/c1-3-23-8-7-9-24(22-23)12-14-27-16-19-28(20-17-27,21-18-27)15-13-26-11-6-5-10-25(26)4-2/h3-11,22H,1-2,12-21H2/q+2. The van der Waals surface area contributed by atoms with Crippen molar-refractivity contribution in [1.29, 1.82) is 0 Å². The molecule has 0 atom stereocenters. The Labute approximate surface area is 170 Å². The van der Waals surface area contributed by atoms with Crippen LogP contribution in [0.2, 0.25) is 0 Å². The summed E-state index contributed by atoms with van der Waals surface area (Å²) < 4.78 is 2.67. The summed E-state index contributed by atoms with van der Waals surface area (Å²) in [6, 6.07) is 17.6. The molecule has 0 spiro atoms. The summed E-state index contributed by atoms with van der Waals surface area (Å²) >= 11 is 0. The van der Waals surface area contributed by atoms with Gasteiger partial charge in [0, 0.05) is 12.8 Å². The molecule has 28 heavy (non-hydrogen) atoms. The van der Waals surface area contributed by atoms with E-state index in [0.29, 0.717) is 0 Å². The molecule has 3 aliphatic heterocycles. The van der Waals surface area contributed by atoms with E-state index in [0.717, 1.165) is 0 Å². The lowest BCUT2D eigenvalue weighted by Crippen LogP contribution is -2.75. The molecule has 0 unspecified atom stereocenters. The molecule has 0 N–H and O–H groups in total. The van der Waals surface area contributed by atoms with Gasteiger partial charge in [-0.3, -0.25) is 0 Å². The quantitative estimate of drug-likeness (QED) is 0.600. The van der Waals surface area contributed by atoms with E-state index in [1.54, 1.807) is 0 Å². The van der Waals surface area contributed by atoms with Crippen LogP contribution >= 0.6 is 0 Å². The molecule has 3 fully saturated rings. The van der Waals surface area contributed by atoms with Gasteiger partial charge in [-0.25, -0.2) is 0 Å². The second kappa shape index (κ2) is 8.06. The van der Waals surface area contributed by atoms with Gasteiger partial charge in [0.25, 0.3) is 0 Å². The number of nitrogens with zero attached hydrogens (tertiary/aromatic N) is 2. The molecule has 0 aliphatic carbocycles. The van der Waals surface area contributed by atoms with Crippen LogP contribution in [0.15, 0.2) is 61.7 Å². The van der Waals surface area contributed by atoms with Crippen molar-refractivity contribution in [2.45, 2.75) is 12.8 Å². The minimum atomic E-state index is 1.18. The van der Waals surface area contributed by atoms with Gasteiger partial charge >= 0.3 is 0 Å². The summed E-state index contributed by atoms with van der Waals surface area (Å²) in [4.78, 5) is 0. The highest BCUT2D eigenvalue weighted by molar-refractivity contribution is 5.51. The van der Waals surface area contributed by atoms with E-state index in [2.05, 4.69) is 61.7 Å². The van der Waals surface area contributed by atoms with Gasteiger partial charge < -0.3 is 8.97 Å². The average molecular weight is 375 g/mol. The van der Waals surface area contributed by atoms with E-state index in [1.165, 1.54) is 96.4 Å². The fraction of sp³-hybridized carbons (Fsp3) is 0.385. The normalized spacial score (nSPS) is 26.1. The van der Waals surface area contributed by atoms with Crippen LogP contribution in [0, 0.1) is 0 Å². The zero-order valence-corrected chi connectivity index (χ0v) is 17.2. The lowest BCUT2D eigenvalue weighted by Gasteiger charge is -2.55. The Morgan fingerprint density at radius 3 is 2.00 bits per heavy atom. The Kier molecular flexibility index (Phi) is 5.52. The van der Waals surface area contributed by atoms with Crippen LogP contribution in [0.3, 0.4) is 0 Å². The van der Waals surface area contributed by atoms with Crippen molar-refractivity contribution in [1.82, 2.24) is 0 Å². The molecule has 0 saturated carbocycles. The smallest absolute Gasteiger partial charge is 0.129 e. The molecule has 2 heteroatoms. The summed E-state index contributed by atoms with van der Waals surface area (Å²) in [5.74, 6) is 0. The fourth-order valence-corrected chi connectivity index (χ4v) is 5.17. The number of benzene rings is 2. The average Bonchev–Trinajstić information content (AvgIpc) is 2.78. The van der Waals surface area contributed by atoms with E-state index < -0.39 is 0 Å². The Morgan fingerprint density at radius 2 is 1.36 bits per heavy atom. The Hall–Kier alpha value is -2.16. The minimum Gasteiger partial charge on any atom is -0.309 e. The van der Waals surface area contributed by atoms with Gasteiger partial charge in [0.1, 0.15) is 39.3 Å². The Bertz CT molecular complexity index is 826. The molecule has 0 aromatic heterocycles. The van der Waals surface area contributed by atoms with E-state index in [-0.39, 0.29) is 0 Å². The van der Waals surface area contributed by atoms with Crippen LogP contribution in [0.1, 0.15) is 22.3 Å². The Balaban J connectivity index is 1.34. The van der Waals surface area contributed by atoms with Crippen LogP contribution in [0.5, 0.6) is 0 Å². The third-order valence-corrected chi connectivity index (χ3v) is 7.34. The van der Waals surface area contributed by atoms with Crippen molar-refractivity contribution in [3.05, 3.63) is 83.9 Å². The molecule has 146 valence electrons. The summed E-state index contributed by atoms with van der Waals surface area (Å²) in [5.41, 5.74) is 5.47. The van der Waals surface area contributed by atoms with Crippen molar-refractivity contribution < 1.29 is 8.97 Å². The lowest BCUT2D eigenvalue weighted by molar-refractivity contribution is -1.08. The van der Waals surface area contributed by atoms with Gasteiger partial charge in [0.2, 0.25) is 0 Å². The molecule has 0 amide bonds. The first kappa shape index (κ1) is 19.2. The van der Waals surface area contributed by atoms with Crippen molar-refractivity contribution in [3.63, 3.8) is 0 Å². The molecule has 3 aliphatic rings. The van der Waals surface area contributed by atoms with Gasteiger partial charge in [0.15, 0.2) is 0 Å². The van der Waals surface area contributed by atoms with Gasteiger partial charge in [-0.15, -0.1) is 0 Å². The van der Waals surface area contributed by atoms with Crippen LogP contribution in [0.4, 0.5) is 0 Å². The second-order valence-electron chi connectivity index (χ2n) is 8.82. The fourth-order valence-electron chi connectivity index (χ4n) is 5.17. The predicted octanol–water partition coefficient (Wildman–Crippen LogP) is 4.42. The van der Waals surface area contributed by atoms with E-state index in [9.17, 15) is 0 Å². The molecule has 2 aromatic rings. The monoisotopic (exact) mass is 374 g/mol. The molecule has 3 heterocycles. The van der Waals surface area contributed by atoms with E-state index >= 15 is 0 Å². The first-order chi connectivity index (χ1) is 13.7.